The Labute approximate surface area is 128 Å². The molecule has 0 saturated carbocycles. The second kappa shape index (κ2) is 6.46. The fourth-order valence-electron chi connectivity index (χ4n) is 2.28. The van der Waals surface area contributed by atoms with Crippen LogP contribution in [-0.2, 0) is 16.0 Å². The second-order valence-corrected chi connectivity index (χ2v) is 5.73. The molecule has 1 unspecified atom stereocenters. The minimum Gasteiger partial charge on any atom is -0.354 e. The first-order valence-electron chi connectivity index (χ1n) is 6.47. The van der Waals surface area contributed by atoms with Crippen LogP contribution in [0, 0.1) is 0 Å². The quantitative estimate of drug-likeness (QED) is 0.910. The maximum absolute atomic E-state index is 12.3. The number of rotatable bonds is 2. The van der Waals surface area contributed by atoms with Crippen LogP contribution in [-0.4, -0.2) is 35.8 Å². The van der Waals surface area contributed by atoms with E-state index in [1.807, 2.05) is 6.92 Å². The average Bonchev–Trinajstić information content (AvgIpc) is 2.54. The standard InChI is InChI=1S/C14H16Cl2N2O2/c1-9-6-13(19)17-4-5-18(9)14(20)8-10-2-3-11(15)12(16)7-10/h2-3,7,9H,4-6,8H2,1H3,(H,17,19). The van der Waals surface area contributed by atoms with Crippen LogP contribution in [0.15, 0.2) is 18.2 Å². The third-order valence-electron chi connectivity index (χ3n) is 3.35. The van der Waals surface area contributed by atoms with E-state index in [1.54, 1.807) is 23.1 Å². The van der Waals surface area contributed by atoms with Gasteiger partial charge in [-0.25, -0.2) is 0 Å². The Bertz CT molecular complexity index is 534. The largest absolute Gasteiger partial charge is 0.354 e. The number of carbonyl (C=O) groups excluding carboxylic acids is 2. The van der Waals surface area contributed by atoms with Gasteiger partial charge in [-0.2, -0.15) is 0 Å². The van der Waals surface area contributed by atoms with E-state index < -0.39 is 0 Å². The van der Waals surface area contributed by atoms with E-state index in [0.717, 1.165) is 5.56 Å². The van der Waals surface area contributed by atoms with Gasteiger partial charge >= 0.3 is 0 Å². The van der Waals surface area contributed by atoms with E-state index in [-0.39, 0.29) is 24.3 Å². The molecule has 0 bridgehead atoms. The fourth-order valence-corrected chi connectivity index (χ4v) is 2.60. The molecule has 1 aliphatic rings. The summed E-state index contributed by atoms with van der Waals surface area (Å²) in [4.78, 5) is 25.5. The van der Waals surface area contributed by atoms with Gasteiger partial charge in [0, 0.05) is 25.6 Å². The van der Waals surface area contributed by atoms with Crippen LogP contribution >= 0.6 is 23.2 Å². The van der Waals surface area contributed by atoms with Gasteiger partial charge in [-0.05, 0) is 24.6 Å². The minimum atomic E-state index is -0.0900. The fraction of sp³-hybridized carbons (Fsp3) is 0.429. The van der Waals surface area contributed by atoms with E-state index in [4.69, 9.17) is 23.2 Å². The molecule has 4 nitrogen and oxygen atoms in total. The van der Waals surface area contributed by atoms with Crippen molar-refractivity contribution in [3.63, 3.8) is 0 Å². The number of halogens is 2. The molecule has 0 aromatic heterocycles. The van der Waals surface area contributed by atoms with Gasteiger partial charge in [0.1, 0.15) is 0 Å². The highest BCUT2D eigenvalue weighted by molar-refractivity contribution is 6.42. The average molecular weight is 315 g/mol. The molecular weight excluding hydrogens is 299 g/mol. The van der Waals surface area contributed by atoms with E-state index in [9.17, 15) is 9.59 Å². The Morgan fingerprint density at radius 3 is 2.85 bits per heavy atom. The maximum atomic E-state index is 12.3. The number of hydrogen-bond donors (Lipinski definition) is 1. The van der Waals surface area contributed by atoms with Gasteiger partial charge in [0.25, 0.3) is 0 Å². The zero-order valence-electron chi connectivity index (χ0n) is 11.2. The van der Waals surface area contributed by atoms with Gasteiger partial charge in [0.05, 0.1) is 16.5 Å². The van der Waals surface area contributed by atoms with E-state index in [0.29, 0.717) is 29.6 Å². The van der Waals surface area contributed by atoms with Crippen molar-refractivity contribution in [2.24, 2.45) is 0 Å². The van der Waals surface area contributed by atoms with Crippen LogP contribution in [0.4, 0.5) is 0 Å². The monoisotopic (exact) mass is 314 g/mol. The Morgan fingerprint density at radius 1 is 1.40 bits per heavy atom. The molecule has 0 radical (unpaired) electrons. The van der Waals surface area contributed by atoms with Crippen LogP contribution in [0.1, 0.15) is 18.9 Å². The third-order valence-corrected chi connectivity index (χ3v) is 4.09. The van der Waals surface area contributed by atoms with Crippen molar-refractivity contribution in [3.05, 3.63) is 33.8 Å². The molecule has 108 valence electrons. The van der Waals surface area contributed by atoms with Gasteiger partial charge in [-0.1, -0.05) is 29.3 Å². The van der Waals surface area contributed by atoms with Gasteiger partial charge in [-0.3, -0.25) is 9.59 Å². The lowest BCUT2D eigenvalue weighted by molar-refractivity contribution is -0.132. The number of carbonyl (C=O) groups is 2. The molecule has 2 rings (SSSR count). The molecule has 20 heavy (non-hydrogen) atoms. The van der Waals surface area contributed by atoms with Gasteiger partial charge in [0.15, 0.2) is 0 Å². The van der Waals surface area contributed by atoms with Gasteiger partial charge < -0.3 is 10.2 Å². The Hall–Kier alpha value is -1.26. The molecule has 1 aromatic rings. The summed E-state index contributed by atoms with van der Waals surface area (Å²) in [6.45, 7) is 2.92. The minimum absolute atomic E-state index is 0.00705. The molecule has 2 amide bonds. The topological polar surface area (TPSA) is 49.4 Å². The van der Waals surface area contributed by atoms with Crippen LogP contribution in [0.3, 0.4) is 0 Å². The number of benzene rings is 1. The van der Waals surface area contributed by atoms with Crippen molar-refractivity contribution in [2.45, 2.75) is 25.8 Å². The lowest BCUT2D eigenvalue weighted by Gasteiger charge is -2.26. The third kappa shape index (κ3) is 3.64. The summed E-state index contributed by atoms with van der Waals surface area (Å²) >= 11 is 11.8. The summed E-state index contributed by atoms with van der Waals surface area (Å²) in [6, 6.07) is 5.09. The molecule has 6 heteroatoms. The highest BCUT2D eigenvalue weighted by Crippen LogP contribution is 2.23. The summed E-state index contributed by atoms with van der Waals surface area (Å²) in [5.41, 5.74) is 0.820. The summed E-state index contributed by atoms with van der Waals surface area (Å²) < 4.78 is 0. The molecule has 1 saturated heterocycles. The second-order valence-electron chi connectivity index (χ2n) is 4.92. The summed E-state index contributed by atoms with van der Waals surface area (Å²) in [7, 11) is 0. The number of nitrogens with zero attached hydrogens (tertiary/aromatic N) is 1. The van der Waals surface area contributed by atoms with Crippen LogP contribution in [0.2, 0.25) is 10.0 Å². The predicted octanol–water partition coefficient (Wildman–Crippen LogP) is 2.27. The highest BCUT2D eigenvalue weighted by Gasteiger charge is 2.25. The van der Waals surface area contributed by atoms with E-state index >= 15 is 0 Å². The predicted molar refractivity (Wildman–Crippen MR) is 79.0 cm³/mol. The van der Waals surface area contributed by atoms with Crippen molar-refractivity contribution < 1.29 is 9.59 Å². The van der Waals surface area contributed by atoms with Crippen molar-refractivity contribution >= 4 is 35.0 Å². The number of hydrogen-bond acceptors (Lipinski definition) is 2. The molecule has 0 aliphatic carbocycles. The zero-order valence-corrected chi connectivity index (χ0v) is 12.7. The molecule has 1 heterocycles. The van der Waals surface area contributed by atoms with Crippen LogP contribution in [0.25, 0.3) is 0 Å². The first-order valence-corrected chi connectivity index (χ1v) is 7.23. The van der Waals surface area contributed by atoms with Crippen LogP contribution < -0.4 is 5.32 Å². The normalized spacial score (nSPS) is 19.4. The first kappa shape index (κ1) is 15.1. The molecule has 1 aromatic carbocycles. The van der Waals surface area contributed by atoms with E-state index in [1.165, 1.54) is 0 Å². The Morgan fingerprint density at radius 2 is 2.15 bits per heavy atom. The first-order chi connectivity index (χ1) is 9.47. The van der Waals surface area contributed by atoms with Crippen molar-refractivity contribution in [1.82, 2.24) is 10.2 Å². The number of nitrogens with one attached hydrogen (secondary N) is 1. The maximum Gasteiger partial charge on any atom is 0.227 e. The van der Waals surface area contributed by atoms with Crippen molar-refractivity contribution in [3.8, 4) is 0 Å². The smallest absolute Gasteiger partial charge is 0.227 e. The number of amides is 2. The van der Waals surface area contributed by atoms with E-state index in [2.05, 4.69) is 5.32 Å². The van der Waals surface area contributed by atoms with Gasteiger partial charge in [-0.15, -0.1) is 0 Å². The van der Waals surface area contributed by atoms with Gasteiger partial charge in [0.2, 0.25) is 11.8 Å². The molecule has 1 atom stereocenters. The molecule has 1 aliphatic heterocycles. The molecule has 1 fully saturated rings. The highest BCUT2D eigenvalue weighted by atomic mass is 35.5. The summed E-state index contributed by atoms with van der Waals surface area (Å²) in [5.74, 6) is -0.0188. The van der Waals surface area contributed by atoms with Crippen LogP contribution in [0.5, 0.6) is 0 Å². The lowest BCUT2D eigenvalue weighted by atomic mass is 10.1. The summed E-state index contributed by atoms with van der Waals surface area (Å²) in [6.07, 6.45) is 0.600. The Kier molecular flexibility index (Phi) is 4.89. The molecule has 1 N–H and O–H groups in total. The zero-order chi connectivity index (χ0) is 14.7. The summed E-state index contributed by atoms with van der Waals surface area (Å²) in [5, 5.41) is 3.68. The lowest BCUT2D eigenvalue weighted by Crippen LogP contribution is -2.40. The SMILES string of the molecule is CC1CC(=O)NCCN1C(=O)Cc1ccc(Cl)c(Cl)c1. The van der Waals surface area contributed by atoms with Crippen molar-refractivity contribution in [1.29, 1.82) is 0 Å². The Balaban J connectivity index is 2.06. The molecular formula is C14H16Cl2N2O2. The molecule has 0 spiro atoms. The van der Waals surface area contributed by atoms with Crippen molar-refractivity contribution in [2.75, 3.05) is 13.1 Å².